The van der Waals surface area contributed by atoms with Crippen LogP contribution in [0, 0.1) is 0 Å². The van der Waals surface area contributed by atoms with Crippen LogP contribution in [0.25, 0.3) is 5.69 Å². The van der Waals surface area contributed by atoms with Crippen molar-refractivity contribution < 1.29 is 9.90 Å². The third-order valence-corrected chi connectivity index (χ3v) is 3.53. The van der Waals surface area contributed by atoms with E-state index >= 15 is 0 Å². The Morgan fingerprint density at radius 1 is 1.04 bits per heavy atom. The summed E-state index contributed by atoms with van der Waals surface area (Å²) in [4.78, 5) is 38.0. The normalized spacial score (nSPS) is 10.8. The molecule has 3 N–H and O–H groups in total. The van der Waals surface area contributed by atoms with Crippen LogP contribution in [0.5, 0.6) is 5.88 Å². The minimum absolute atomic E-state index is 0.262. The number of para-hydroxylation sites is 1. The average Bonchev–Trinajstić information content (AvgIpc) is 2.65. The maximum absolute atomic E-state index is 12.0. The summed E-state index contributed by atoms with van der Waals surface area (Å²) in [5, 5.41) is 14.0. The third kappa shape index (κ3) is 3.44. The van der Waals surface area contributed by atoms with Crippen LogP contribution in [-0.4, -0.2) is 26.8 Å². The molecule has 0 saturated carbocycles. The van der Waals surface area contributed by atoms with Gasteiger partial charge in [-0.2, -0.15) is 5.10 Å². The van der Waals surface area contributed by atoms with Crippen molar-refractivity contribution in [1.29, 1.82) is 0 Å². The molecule has 0 aliphatic heterocycles. The highest BCUT2D eigenvalue weighted by molar-refractivity contribution is 5.94. The van der Waals surface area contributed by atoms with E-state index in [1.807, 2.05) is 0 Å². The monoisotopic (exact) mass is 350 g/mol. The van der Waals surface area contributed by atoms with E-state index in [2.05, 4.69) is 15.5 Å². The number of nitrogens with one attached hydrogen (secondary N) is 2. The van der Waals surface area contributed by atoms with Gasteiger partial charge in [-0.25, -0.2) is 14.8 Å². The van der Waals surface area contributed by atoms with E-state index in [4.69, 9.17) is 0 Å². The minimum Gasteiger partial charge on any atom is -0.493 e. The smallest absolute Gasteiger partial charge is 0.335 e. The summed E-state index contributed by atoms with van der Waals surface area (Å²) in [5.41, 5.74) is 1.14. The van der Waals surface area contributed by atoms with E-state index in [-0.39, 0.29) is 5.56 Å². The second kappa shape index (κ2) is 7.31. The number of amides is 1. The highest BCUT2D eigenvalue weighted by Gasteiger charge is 2.14. The van der Waals surface area contributed by atoms with Crippen molar-refractivity contribution in [1.82, 2.24) is 15.0 Å². The van der Waals surface area contributed by atoms with Crippen molar-refractivity contribution in [3.05, 3.63) is 92.6 Å². The predicted octanol–water partition coefficient (Wildman–Crippen LogP) is 0.995. The first-order chi connectivity index (χ1) is 12.6. The van der Waals surface area contributed by atoms with Crippen molar-refractivity contribution >= 4 is 12.1 Å². The molecule has 1 aromatic heterocycles. The molecule has 26 heavy (non-hydrogen) atoms. The van der Waals surface area contributed by atoms with Crippen molar-refractivity contribution in [2.75, 3.05) is 0 Å². The van der Waals surface area contributed by atoms with Crippen molar-refractivity contribution in [3.63, 3.8) is 0 Å². The summed E-state index contributed by atoms with van der Waals surface area (Å²) in [6.07, 6.45) is 0.980. The fraction of sp³-hybridized carbons (Fsp3) is 0. The van der Waals surface area contributed by atoms with Gasteiger partial charge in [-0.15, -0.1) is 0 Å². The highest BCUT2D eigenvalue weighted by atomic mass is 16.3. The zero-order chi connectivity index (χ0) is 18.5. The molecular formula is C18H14N4O4. The van der Waals surface area contributed by atoms with Crippen LogP contribution < -0.4 is 16.7 Å². The van der Waals surface area contributed by atoms with Gasteiger partial charge >= 0.3 is 5.69 Å². The molecule has 0 atom stereocenters. The summed E-state index contributed by atoms with van der Waals surface area (Å²) < 4.78 is 0.932. The van der Waals surface area contributed by atoms with Crippen LogP contribution in [0.15, 0.2) is 75.4 Å². The van der Waals surface area contributed by atoms with Crippen LogP contribution in [0.1, 0.15) is 15.9 Å². The lowest BCUT2D eigenvalue weighted by atomic mass is 10.2. The van der Waals surface area contributed by atoms with E-state index in [1.54, 1.807) is 60.7 Å². The van der Waals surface area contributed by atoms with Gasteiger partial charge in [-0.05, 0) is 24.3 Å². The number of aromatic amines is 1. The third-order valence-electron chi connectivity index (χ3n) is 3.53. The number of hydrazone groups is 1. The maximum atomic E-state index is 12.0. The van der Waals surface area contributed by atoms with E-state index in [0.717, 1.165) is 10.8 Å². The predicted molar refractivity (Wildman–Crippen MR) is 95.8 cm³/mol. The molecule has 1 heterocycles. The largest absolute Gasteiger partial charge is 0.493 e. The molecule has 8 heteroatoms. The number of hydrogen-bond acceptors (Lipinski definition) is 5. The SMILES string of the molecule is O=C(N/N=C\c1c(O)n(-c2ccccc2)c(=O)[nH]c1=O)c1ccccc1. The van der Waals surface area contributed by atoms with E-state index in [0.29, 0.717) is 11.3 Å². The second-order valence-electron chi connectivity index (χ2n) is 5.23. The molecule has 0 aliphatic rings. The number of aromatic hydroxyl groups is 1. The lowest BCUT2D eigenvalue weighted by Crippen LogP contribution is -2.31. The molecule has 3 rings (SSSR count). The molecule has 0 aliphatic carbocycles. The highest BCUT2D eigenvalue weighted by Crippen LogP contribution is 2.14. The van der Waals surface area contributed by atoms with Crippen LogP contribution in [0.2, 0.25) is 0 Å². The number of rotatable bonds is 4. The molecule has 1 amide bonds. The average molecular weight is 350 g/mol. The number of carbonyl (C=O) groups excluding carboxylic acids is 1. The first-order valence-corrected chi connectivity index (χ1v) is 7.60. The molecular weight excluding hydrogens is 336 g/mol. The number of carbonyl (C=O) groups is 1. The molecule has 3 aromatic rings. The fourth-order valence-electron chi connectivity index (χ4n) is 2.28. The van der Waals surface area contributed by atoms with Gasteiger partial charge in [0.1, 0.15) is 5.56 Å². The Morgan fingerprint density at radius 3 is 2.31 bits per heavy atom. The summed E-state index contributed by atoms with van der Waals surface area (Å²) >= 11 is 0. The second-order valence-corrected chi connectivity index (χ2v) is 5.23. The van der Waals surface area contributed by atoms with Gasteiger partial charge in [-0.3, -0.25) is 14.6 Å². The number of H-pyrrole nitrogens is 1. The minimum atomic E-state index is -0.822. The zero-order valence-corrected chi connectivity index (χ0v) is 13.4. The Labute approximate surface area is 147 Å². The van der Waals surface area contributed by atoms with Crippen LogP contribution in [0.3, 0.4) is 0 Å². The quantitative estimate of drug-likeness (QED) is 0.481. The van der Waals surface area contributed by atoms with Gasteiger partial charge in [0.2, 0.25) is 5.88 Å². The van der Waals surface area contributed by atoms with Crippen molar-refractivity contribution in [2.24, 2.45) is 5.10 Å². The maximum Gasteiger partial charge on any atom is 0.335 e. The number of hydrogen-bond donors (Lipinski definition) is 3. The lowest BCUT2D eigenvalue weighted by molar-refractivity contribution is 0.0955. The van der Waals surface area contributed by atoms with Gasteiger partial charge in [-0.1, -0.05) is 36.4 Å². The Bertz CT molecular complexity index is 1070. The Balaban J connectivity index is 1.92. The Morgan fingerprint density at radius 2 is 1.65 bits per heavy atom. The molecule has 0 unspecified atom stereocenters. The fourth-order valence-corrected chi connectivity index (χ4v) is 2.28. The molecule has 130 valence electrons. The molecule has 2 aromatic carbocycles. The van der Waals surface area contributed by atoms with Crippen LogP contribution in [-0.2, 0) is 0 Å². The number of nitrogens with zero attached hydrogens (tertiary/aromatic N) is 2. The van der Waals surface area contributed by atoms with E-state index < -0.39 is 23.0 Å². The molecule has 0 spiro atoms. The van der Waals surface area contributed by atoms with E-state index in [1.165, 1.54) is 0 Å². The van der Waals surface area contributed by atoms with Crippen LogP contribution in [0.4, 0.5) is 0 Å². The number of benzene rings is 2. The van der Waals surface area contributed by atoms with Gasteiger partial charge < -0.3 is 5.11 Å². The zero-order valence-electron chi connectivity index (χ0n) is 13.4. The van der Waals surface area contributed by atoms with Crippen molar-refractivity contribution in [3.8, 4) is 11.6 Å². The first-order valence-electron chi connectivity index (χ1n) is 7.60. The molecule has 0 radical (unpaired) electrons. The molecule has 8 nitrogen and oxygen atoms in total. The van der Waals surface area contributed by atoms with Crippen LogP contribution >= 0.6 is 0 Å². The number of aromatic nitrogens is 2. The molecule has 0 fully saturated rings. The standard InChI is InChI=1S/C18H14N4O4/c23-15(12-7-3-1-4-8-12)21-19-11-14-16(24)20-18(26)22(17(14)25)13-9-5-2-6-10-13/h1-11,25H,(H,21,23)(H,20,24,26)/b19-11-. The topological polar surface area (TPSA) is 117 Å². The lowest BCUT2D eigenvalue weighted by Gasteiger charge is -2.09. The first kappa shape index (κ1) is 16.9. The van der Waals surface area contributed by atoms with Gasteiger partial charge in [0.25, 0.3) is 11.5 Å². The summed E-state index contributed by atoms with van der Waals surface area (Å²) in [6, 6.07) is 16.7. The van der Waals surface area contributed by atoms with Crippen molar-refractivity contribution in [2.45, 2.75) is 0 Å². The van der Waals surface area contributed by atoms with Gasteiger partial charge in [0.15, 0.2) is 0 Å². The van der Waals surface area contributed by atoms with Gasteiger partial charge in [0, 0.05) is 5.56 Å². The molecule has 0 bridgehead atoms. The summed E-state index contributed by atoms with van der Waals surface area (Å²) in [6.45, 7) is 0. The van der Waals surface area contributed by atoms with E-state index in [9.17, 15) is 19.5 Å². The Hall–Kier alpha value is -3.94. The molecule has 0 saturated heterocycles. The Kier molecular flexibility index (Phi) is 4.75. The summed E-state index contributed by atoms with van der Waals surface area (Å²) in [5.74, 6) is -1.06. The summed E-state index contributed by atoms with van der Waals surface area (Å²) in [7, 11) is 0. The van der Waals surface area contributed by atoms with Gasteiger partial charge in [0.05, 0.1) is 11.9 Å².